The Labute approximate surface area is 124 Å². The van der Waals surface area contributed by atoms with E-state index in [9.17, 15) is 5.11 Å². The number of benzene rings is 2. The lowest BCUT2D eigenvalue weighted by atomic mass is 10.1. The van der Waals surface area contributed by atoms with Crippen molar-refractivity contribution in [3.8, 4) is 0 Å². The van der Waals surface area contributed by atoms with Crippen LogP contribution in [-0.2, 0) is 0 Å². The van der Waals surface area contributed by atoms with Gasteiger partial charge in [0.1, 0.15) is 0 Å². The molecule has 0 aliphatic carbocycles. The maximum atomic E-state index is 10.1. The van der Waals surface area contributed by atoms with Crippen LogP contribution in [0.25, 0.3) is 10.9 Å². The van der Waals surface area contributed by atoms with Crippen molar-refractivity contribution in [1.29, 1.82) is 0 Å². The number of rotatable bonds is 4. The molecule has 1 aromatic heterocycles. The summed E-state index contributed by atoms with van der Waals surface area (Å²) in [6.07, 6.45) is 3.21. The second-order valence-electron chi connectivity index (χ2n) is 5.21. The van der Waals surface area contributed by atoms with Crippen LogP contribution in [-0.4, -0.2) is 22.8 Å². The fourth-order valence-corrected chi connectivity index (χ4v) is 2.39. The average Bonchev–Trinajstić information content (AvgIpc) is 2.90. The van der Waals surface area contributed by atoms with Gasteiger partial charge in [-0.2, -0.15) is 0 Å². The molecular formula is C18H18N2O. The normalized spacial score (nSPS) is 13.0. The van der Waals surface area contributed by atoms with E-state index in [4.69, 9.17) is 0 Å². The standard InChI is InChI=1S/C18H18N2O/c1-13-7-8-17-16(9-13)15(11-20-17)10-19-12-18(21)14-5-3-2-4-6-14/h2-11,18,20-21H,12H2,1H3. The number of aliphatic imine (C=N–C) groups is 1. The van der Waals surface area contributed by atoms with Gasteiger partial charge in [-0.15, -0.1) is 0 Å². The molecule has 1 atom stereocenters. The van der Waals surface area contributed by atoms with Crippen LogP contribution < -0.4 is 0 Å². The third-order valence-corrected chi connectivity index (χ3v) is 3.56. The highest BCUT2D eigenvalue weighted by Gasteiger charge is 2.05. The fraction of sp³-hybridized carbons (Fsp3) is 0.167. The molecule has 0 spiro atoms. The van der Waals surface area contributed by atoms with Crippen LogP contribution in [0.2, 0.25) is 0 Å². The molecule has 3 rings (SSSR count). The van der Waals surface area contributed by atoms with Gasteiger partial charge in [0.05, 0.1) is 12.6 Å². The van der Waals surface area contributed by atoms with Gasteiger partial charge in [0.25, 0.3) is 0 Å². The fourth-order valence-electron chi connectivity index (χ4n) is 2.39. The first-order chi connectivity index (χ1) is 10.2. The van der Waals surface area contributed by atoms with E-state index in [-0.39, 0.29) is 0 Å². The number of aryl methyl sites for hydroxylation is 1. The Bertz CT molecular complexity index is 759. The van der Waals surface area contributed by atoms with Crippen LogP contribution in [0, 0.1) is 6.92 Å². The predicted molar refractivity (Wildman–Crippen MR) is 86.9 cm³/mol. The monoisotopic (exact) mass is 278 g/mol. The van der Waals surface area contributed by atoms with Crippen LogP contribution >= 0.6 is 0 Å². The topological polar surface area (TPSA) is 48.4 Å². The number of aliphatic hydroxyl groups is 1. The molecule has 2 N–H and O–H groups in total. The van der Waals surface area contributed by atoms with Gasteiger partial charge in [0.15, 0.2) is 0 Å². The van der Waals surface area contributed by atoms with Crippen molar-refractivity contribution in [3.63, 3.8) is 0 Å². The molecule has 1 unspecified atom stereocenters. The first-order valence-electron chi connectivity index (χ1n) is 7.04. The molecule has 3 nitrogen and oxygen atoms in total. The Kier molecular flexibility index (Phi) is 3.84. The molecule has 1 heterocycles. The highest BCUT2D eigenvalue weighted by Crippen LogP contribution is 2.18. The summed E-state index contributed by atoms with van der Waals surface area (Å²) in [5, 5.41) is 11.2. The number of nitrogens with one attached hydrogen (secondary N) is 1. The van der Waals surface area contributed by atoms with Crippen LogP contribution in [0.4, 0.5) is 0 Å². The quantitative estimate of drug-likeness (QED) is 0.703. The summed E-state index contributed by atoms with van der Waals surface area (Å²) in [6, 6.07) is 15.9. The van der Waals surface area contributed by atoms with Gasteiger partial charge in [-0.05, 0) is 24.6 Å². The van der Waals surface area contributed by atoms with Crippen LogP contribution in [0.5, 0.6) is 0 Å². The Morgan fingerprint density at radius 1 is 1.19 bits per heavy atom. The van der Waals surface area contributed by atoms with E-state index < -0.39 is 6.10 Å². The molecular weight excluding hydrogens is 260 g/mol. The SMILES string of the molecule is Cc1ccc2[nH]cc(C=NCC(O)c3ccccc3)c2c1. The van der Waals surface area contributed by atoms with E-state index in [0.29, 0.717) is 6.54 Å². The minimum Gasteiger partial charge on any atom is -0.386 e. The van der Waals surface area contributed by atoms with Gasteiger partial charge in [0.2, 0.25) is 0 Å². The summed E-state index contributed by atoms with van der Waals surface area (Å²) < 4.78 is 0. The van der Waals surface area contributed by atoms with Crippen molar-refractivity contribution < 1.29 is 5.11 Å². The molecule has 0 bridgehead atoms. The molecule has 0 saturated carbocycles. The van der Waals surface area contributed by atoms with Crippen molar-refractivity contribution in [2.75, 3.05) is 6.54 Å². The third-order valence-electron chi connectivity index (χ3n) is 3.56. The Balaban J connectivity index is 1.75. The molecule has 0 radical (unpaired) electrons. The maximum Gasteiger partial charge on any atom is 0.0985 e. The molecule has 0 aliphatic heterocycles. The van der Waals surface area contributed by atoms with Gasteiger partial charge in [-0.3, -0.25) is 4.99 Å². The molecule has 21 heavy (non-hydrogen) atoms. The van der Waals surface area contributed by atoms with E-state index in [1.165, 1.54) is 5.56 Å². The Morgan fingerprint density at radius 3 is 2.81 bits per heavy atom. The number of H-pyrrole nitrogens is 1. The number of aliphatic hydroxyl groups excluding tert-OH is 1. The highest BCUT2D eigenvalue weighted by molar-refractivity contribution is 5.99. The van der Waals surface area contributed by atoms with Crippen molar-refractivity contribution in [1.82, 2.24) is 4.98 Å². The molecule has 3 aromatic rings. The molecule has 106 valence electrons. The summed E-state index contributed by atoms with van der Waals surface area (Å²) >= 11 is 0. The van der Waals surface area contributed by atoms with Crippen LogP contribution in [0.3, 0.4) is 0 Å². The molecule has 0 saturated heterocycles. The maximum absolute atomic E-state index is 10.1. The highest BCUT2D eigenvalue weighted by atomic mass is 16.3. The van der Waals surface area contributed by atoms with Crippen molar-refractivity contribution >= 4 is 17.1 Å². The largest absolute Gasteiger partial charge is 0.386 e. The molecule has 0 amide bonds. The third kappa shape index (κ3) is 3.03. The van der Waals surface area contributed by atoms with Crippen molar-refractivity contribution in [2.24, 2.45) is 4.99 Å². The van der Waals surface area contributed by atoms with Gasteiger partial charge >= 0.3 is 0 Å². The van der Waals surface area contributed by atoms with Crippen molar-refractivity contribution in [3.05, 3.63) is 71.4 Å². The van der Waals surface area contributed by atoms with E-state index in [1.54, 1.807) is 0 Å². The van der Waals surface area contributed by atoms with Gasteiger partial charge in [-0.1, -0.05) is 42.0 Å². The molecule has 0 aliphatic rings. The summed E-state index contributed by atoms with van der Waals surface area (Å²) in [4.78, 5) is 7.61. The van der Waals surface area contributed by atoms with E-state index >= 15 is 0 Å². The number of hydrogen-bond acceptors (Lipinski definition) is 2. The summed E-state index contributed by atoms with van der Waals surface area (Å²) in [5.41, 5.74) is 4.27. The molecule has 2 aromatic carbocycles. The van der Waals surface area contributed by atoms with Crippen LogP contribution in [0.1, 0.15) is 22.8 Å². The first kappa shape index (κ1) is 13.6. The van der Waals surface area contributed by atoms with Crippen molar-refractivity contribution in [2.45, 2.75) is 13.0 Å². The Hall–Kier alpha value is -2.39. The van der Waals surface area contributed by atoms with Gasteiger partial charge in [-0.25, -0.2) is 0 Å². The smallest absolute Gasteiger partial charge is 0.0985 e. The van der Waals surface area contributed by atoms with Gasteiger partial charge < -0.3 is 10.1 Å². The molecule has 0 fully saturated rings. The van der Waals surface area contributed by atoms with Gasteiger partial charge in [0, 0.05) is 28.9 Å². The summed E-state index contributed by atoms with van der Waals surface area (Å²) in [5.74, 6) is 0. The number of nitrogens with zero attached hydrogens (tertiary/aromatic N) is 1. The minimum atomic E-state index is -0.561. The first-order valence-corrected chi connectivity index (χ1v) is 7.04. The zero-order chi connectivity index (χ0) is 14.7. The molecule has 3 heteroatoms. The number of fused-ring (bicyclic) bond motifs is 1. The van der Waals surface area contributed by atoms with E-state index in [0.717, 1.165) is 22.0 Å². The minimum absolute atomic E-state index is 0.364. The lowest BCUT2D eigenvalue weighted by Crippen LogP contribution is -2.01. The summed E-state index contributed by atoms with van der Waals surface area (Å²) in [6.45, 7) is 2.44. The average molecular weight is 278 g/mol. The lowest BCUT2D eigenvalue weighted by molar-refractivity contribution is 0.187. The number of hydrogen-bond donors (Lipinski definition) is 2. The van der Waals surface area contributed by atoms with E-state index in [2.05, 4.69) is 35.1 Å². The van der Waals surface area contributed by atoms with E-state index in [1.807, 2.05) is 42.7 Å². The zero-order valence-corrected chi connectivity index (χ0v) is 12.0. The summed E-state index contributed by atoms with van der Waals surface area (Å²) in [7, 11) is 0. The lowest BCUT2D eigenvalue weighted by Gasteiger charge is -2.06. The number of aromatic amines is 1. The second kappa shape index (κ2) is 5.94. The number of aromatic nitrogens is 1. The van der Waals surface area contributed by atoms with Crippen LogP contribution in [0.15, 0.2) is 59.7 Å². The zero-order valence-electron chi connectivity index (χ0n) is 12.0. The second-order valence-corrected chi connectivity index (χ2v) is 5.21. The predicted octanol–water partition coefficient (Wildman–Crippen LogP) is 3.63. The Morgan fingerprint density at radius 2 is 2.00 bits per heavy atom.